The fraction of sp³-hybridized carbons (Fsp3) is 0.269. The van der Waals surface area contributed by atoms with E-state index in [0.717, 1.165) is 11.1 Å². The number of hydrogen-bond donors (Lipinski definition) is 2. The maximum atomic E-state index is 13.7. The zero-order valence-corrected chi connectivity index (χ0v) is 19.8. The molecule has 1 atom stereocenters. The molecular weight excluding hydrogens is 456 g/mol. The number of primary amides is 1. The third-order valence-corrected chi connectivity index (χ3v) is 5.81. The number of carbonyl (C=O) groups is 3. The van der Waals surface area contributed by atoms with Crippen molar-refractivity contribution in [3.05, 3.63) is 83.1 Å². The first-order chi connectivity index (χ1) is 16.1. The van der Waals surface area contributed by atoms with Gasteiger partial charge in [0.25, 0.3) is 5.91 Å². The first-order valence-electron chi connectivity index (χ1n) is 10.8. The lowest BCUT2D eigenvalue weighted by Crippen LogP contribution is -2.57. The Hall–Kier alpha value is -3.58. The molecule has 7 nitrogen and oxygen atoms in total. The Labute approximate surface area is 203 Å². The number of nitrogens with two attached hydrogens (primary N) is 1. The van der Waals surface area contributed by atoms with E-state index < -0.39 is 29.4 Å². The SMILES string of the molecule is CC(C)(Cc1ccc(Cl)cc1)N(C(=O)c1ccc(-c2ccccc2)o1)[C@@H](CCC(N)=O)C(=O)O. The van der Waals surface area contributed by atoms with Gasteiger partial charge in [-0.05, 0) is 56.5 Å². The quantitative estimate of drug-likeness (QED) is 0.431. The predicted octanol–water partition coefficient (Wildman–Crippen LogP) is 4.78. The fourth-order valence-electron chi connectivity index (χ4n) is 4.00. The third kappa shape index (κ3) is 6.05. The fourth-order valence-corrected chi connectivity index (χ4v) is 4.12. The summed E-state index contributed by atoms with van der Waals surface area (Å²) in [5.74, 6) is -1.96. The van der Waals surface area contributed by atoms with Gasteiger partial charge >= 0.3 is 5.97 Å². The molecule has 3 aromatic rings. The Kier molecular flexibility index (Phi) is 7.79. The van der Waals surface area contributed by atoms with Crippen LogP contribution in [-0.4, -0.2) is 39.4 Å². The molecule has 0 unspecified atom stereocenters. The van der Waals surface area contributed by atoms with Gasteiger partial charge in [0.2, 0.25) is 5.91 Å². The zero-order chi connectivity index (χ0) is 24.9. The first-order valence-corrected chi connectivity index (χ1v) is 11.2. The van der Waals surface area contributed by atoms with Crippen molar-refractivity contribution in [2.24, 2.45) is 5.73 Å². The highest BCUT2D eigenvalue weighted by Crippen LogP contribution is 2.30. The van der Waals surface area contributed by atoms with Crippen LogP contribution < -0.4 is 5.73 Å². The van der Waals surface area contributed by atoms with Gasteiger partial charge in [-0.15, -0.1) is 0 Å². The molecule has 2 aromatic carbocycles. The van der Waals surface area contributed by atoms with E-state index in [2.05, 4.69) is 0 Å². The summed E-state index contributed by atoms with van der Waals surface area (Å²) < 4.78 is 5.84. The van der Waals surface area contributed by atoms with Crippen LogP contribution in [0.15, 0.2) is 71.1 Å². The lowest BCUT2D eigenvalue weighted by atomic mass is 9.90. The molecule has 0 spiro atoms. The highest BCUT2D eigenvalue weighted by atomic mass is 35.5. The number of carbonyl (C=O) groups excluding carboxylic acids is 2. The molecule has 178 valence electrons. The van der Waals surface area contributed by atoms with Crippen LogP contribution in [0.4, 0.5) is 0 Å². The number of hydrogen-bond acceptors (Lipinski definition) is 4. The second-order valence-corrected chi connectivity index (χ2v) is 9.12. The minimum Gasteiger partial charge on any atom is -0.480 e. The van der Waals surface area contributed by atoms with Crippen molar-refractivity contribution in [3.63, 3.8) is 0 Å². The molecule has 0 saturated heterocycles. The van der Waals surface area contributed by atoms with Crippen molar-refractivity contribution in [2.45, 2.75) is 44.7 Å². The van der Waals surface area contributed by atoms with E-state index in [4.69, 9.17) is 21.8 Å². The van der Waals surface area contributed by atoms with Crippen LogP contribution in [0.5, 0.6) is 0 Å². The predicted molar refractivity (Wildman–Crippen MR) is 129 cm³/mol. The van der Waals surface area contributed by atoms with E-state index in [9.17, 15) is 19.5 Å². The molecule has 0 saturated carbocycles. The highest BCUT2D eigenvalue weighted by molar-refractivity contribution is 6.30. The molecule has 3 N–H and O–H groups in total. The van der Waals surface area contributed by atoms with Crippen molar-refractivity contribution in [1.82, 2.24) is 4.90 Å². The van der Waals surface area contributed by atoms with E-state index in [1.807, 2.05) is 42.5 Å². The van der Waals surface area contributed by atoms with Crippen LogP contribution in [0.25, 0.3) is 11.3 Å². The Balaban J connectivity index is 2.00. The summed E-state index contributed by atoms with van der Waals surface area (Å²) in [6, 6.07) is 18.3. The van der Waals surface area contributed by atoms with Crippen LogP contribution in [-0.2, 0) is 16.0 Å². The van der Waals surface area contributed by atoms with Crippen LogP contribution in [0.1, 0.15) is 42.8 Å². The van der Waals surface area contributed by atoms with Gasteiger partial charge in [-0.2, -0.15) is 0 Å². The Morgan fingerprint density at radius 3 is 2.26 bits per heavy atom. The average Bonchev–Trinajstić information content (AvgIpc) is 3.28. The van der Waals surface area contributed by atoms with Crippen molar-refractivity contribution in [1.29, 1.82) is 0 Å². The Morgan fingerprint density at radius 1 is 1.03 bits per heavy atom. The monoisotopic (exact) mass is 482 g/mol. The second kappa shape index (κ2) is 10.6. The van der Waals surface area contributed by atoms with Crippen LogP contribution in [0.2, 0.25) is 5.02 Å². The van der Waals surface area contributed by atoms with E-state index in [0.29, 0.717) is 17.2 Å². The lowest BCUT2D eigenvalue weighted by molar-refractivity contribution is -0.144. The number of amides is 2. The number of furan rings is 1. The second-order valence-electron chi connectivity index (χ2n) is 8.68. The maximum absolute atomic E-state index is 13.7. The third-order valence-electron chi connectivity index (χ3n) is 5.56. The van der Waals surface area contributed by atoms with Gasteiger partial charge in [-0.3, -0.25) is 9.59 Å². The smallest absolute Gasteiger partial charge is 0.326 e. The van der Waals surface area contributed by atoms with E-state index in [-0.39, 0.29) is 18.6 Å². The summed E-state index contributed by atoms with van der Waals surface area (Å²) >= 11 is 5.99. The summed E-state index contributed by atoms with van der Waals surface area (Å²) in [6.07, 6.45) is 0.0560. The number of aliphatic carboxylic acids is 1. The number of benzene rings is 2. The van der Waals surface area contributed by atoms with Crippen LogP contribution in [0.3, 0.4) is 0 Å². The summed E-state index contributed by atoms with van der Waals surface area (Å²) in [4.78, 5) is 38.7. The standard InChI is InChI=1S/C26H27ClN2O5/c1-26(2,16-17-8-10-19(27)11-9-17)29(20(25(32)33)12-15-23(28)30)24(31)22-14-13-21(34-22)18-6-4-3-5-7-18/h3-11,13-14,20H,12,15-16H2,1-2H3,(H2,28,30)(H,32,33)/t20-/m0/s1. The molecule has 0 radical (unpaired) electrons. The number of rotatable bonds is 10. The van der Waals surface area contributed by atoms with Gasteiger partial charge < -0.3 is 20.2 Å². The molecule has 0 bridgehead atoms. The largest absolute Gasteiger partial charge is 0.480 e. The van der Waals surface area contributed by atoms with Crippen molar-refractivity contribution in [2.75, 3.05) is 0 Å². The van der Waals surface area contributed by atoms with Gasteiger partial charge in [0.05, 0.1) is 0 Å². The van der Waals surface area contributed by atoms with E-state index in [1.54, 1.807) is 32.0 Å². The minimum atomic E-state index is -1.28. The van der Waals surface area contributed by atoms with Crippen LogP contribution in [0, 0.1) is 0 Å². The molecule has 0 fully saturated rings. The molecule has 3 rings (SSSR count). The number of halogens is 1. The van der Waals surface area contributed by atoms with Gasteiger partial charge in [0.1, 0.15) is 11.8 Å². The zero-order valence-electron chi connectivity index (χ0n) is 19.0. The molecule has 0 aliphatic carbocycles. The molecule has 0 aliphatic rings. The van der Waals surface area contributed by atoms with Crippen LogP contribution >= 0.6 is 11.6 Å². The Bertz CT molecular complexity index is 1160. The molecule has 1 heterocycles. The topological polar surface area (TPSA) is 114 Å². The summed E-state index contributed by atoms with van der Waals surface area (Å²) in [7, 11) is 0. The summed E-state index contributed by atoms with van der Waals surface area (Å²) in [6.45, 7) is 3.56. The number of nitrogens with zero attached hydrogens (tertiary/aromatic N) is 1. The molecular formula is C26H27ClN2O5. The summed E-state index contributed by atoms with van der Waals surface area (Å²) in [5, 5.41) is 10.6. The van der Waals surface area contributed by atoms with Crippen molar-refractivity contribution in [3.8, 4) is 11.3 Å². The molecule has 34 heavy (non-hydrogen) atoms. The highest BCUT2D eigenvalue weighted by Gasteiger charge is 2.41. The van der Waals surface area contributed by atoms with Gasteiger partial charge in [0, 0.05) is 22.5 Å². The van der Waals surface area contributed by atoms with Gasteiger partial charge in [-0.1, -0.05) is 54.1 Å². The number of carboxylic acid groups (broad SMARTS) is 1. The van der Waals surface area contributed by atoms with Gasteiger partial charge in [0.15, 0.2) is 5.76 Å². The average molecular weight is 483 g/mol. The lowest BCUT2D eigenvalue weighted by Gasteiger charge is -2.42. The normalized spacial score (nSPS) is 12.2. The molecule has 2 amide bonds. The van der Waals surface area contributed by atoms with E-state index >= 15 is 0 Å². The summed E-state index contributed by atoms with van der Waals surface area (Å²) in [5.41, 5.74) is 5.98. The molecule has 0 aliphatic heterocycles. The number of carboxylic acids is 1. The van der Waals surface area contributed by atoms with E-state index in [1.165, 1.54) is 11.0 Å². The van der Waals surface area contributed by atoms with Crippen molar-refractivity contribution >= 4 is 29.4 Å². The maximum Gasteiger partial charge on any atom is 0.326 e. The Morgan fingerprint density at radius 2 is 1.68 bits per heavy atom. The first kappa shape index (κ1) is 25.1. The molecule has 8 heteroatoms. The minimum absolute atomic E-state index is 0.00774. The van der Waals surface area contributed by atoms with Crippen molar-refractivity contribution < 1.29 is 23.9 Å². The van der Waals surface area contributed by atoms with Gasteiger partial charge in [-0.25, -0.2) is 4.79 Å². The molecule has 1 aromatic heterocycles.